The van der Waals surface area contributed by atoms with Crippen LogP contribution in [0.15, 0.2) is 17.8 Å². The van der Waals surface area contributed by atoms with E-state index in [1.807, 2.05) is 0 Å². The van der Waals surface area contributed by atoms with Crippen LogP contribution in [-0.4, -0.2) is 54.6 Å². The monoisotopic (exact) mass is 292 g/mol. The zero-order valence-corrected chi connectivity index (χ0v) is 10.7. The number of aliphatic hydroxyl groups is 2. The van der Waals surface area contributed by atoms with Crippen LogP contribution in [0.2, 0.25) is 0 Å². The molecule has 2 aromatic heterocycles. The van der Waals surface area contributed by atoms with E-state index in [0.29, 0.717) is 11.2 Å². The standard InChI is InChI=1S/C10H12N8O3/c11-8-6-9(14-2-13-8)18(3-15-6)10-7(20)5(16-17-12)4(1-19)21-10/h2-5,7,10,19-20H,1H2,(H2,11,13,14)/t4-,5-,7-,10-/m0/s1. The summed E-state index contributed by atoms with van der Waals surface area (Å²) in [6.45, 7) is -0.388. The van der Waals surface area contributed by atoms with Gasteiger partial charge in [0.2, 0.25) is 0 Å². The van der Waals surface area contributed by atoms with E-state index in [2.05, 4.69) is 25.0 Å². The molecule has 0 bridgehead atoms. The van der Waals surface area contributed by atoms with Gasteiger partial charge in [-0.15, -0.1) is 0 Å². The molecule has 1 saturated heterocycles. The zero-order chi connectivity index (χ0) is 15.0. The largest absolute Gasteiger partial charge is 0.394 e. The molecule has 3 rings (SSSR count). The average Bonchev–Trinajstić information content (AvgIpc) is 3.03. The summed E-state index contributed by atoms with van der Waals surface area (Å²) in [5.74, 6) is 0.205. The number of anilines is 1. The number of azide groups is 1. The van der Waals surface area contributed by atoms with E-state index < -0.39 is 24.5 Å². The van der Waals surface area contributed by atoms with Gasteiger partial charge in [-0.2, -0.15) is 0 Å². The van der Waals surface area contributed by atoms with Gasteiger partial charge in [0, 0.05) is 4.91 Å². The molecule has 0 spiro atoms. The van der Waals surface area contributed by atoms with Gasteiger partial charge in [-0.25, -0.2) is 15.0 Å². The summed E-state index contributed by atoms with van der Waals surface area (Å²) in [5.41, 5.74) is 15.0. The van der Waals surface area contributed by atoms with Gasteiger partial charge in [-0.1, -0.05) is 5.11 Å². The molecule has 0 unspecified atom stereocenters. The quantitative estimate of drug-likeness (QED) is 0.383. The molecule has 1 aliphatic heterocycles. The van der Waals surface area contributed by atoms with Crippen molar-refractivity contribution in [3.05, 3.63) is 23.1 Å². The molecule has 11 nitrogen and oxygen atoms in total. The minimum absolute atomic E-state index is 0.205. The predicted octanol–water partition coefficient (Wildman–Crippen LogP) is -0.662. The number of fused-ring (bicyclic) bond motifs is 1. The van der Waals surface area contributed by atoms with E-state index in [1.165, 1.54) is 17.2 Å². The second-order valence-electron chi connectivity index (χ2n) is 4.52. The van der Waals surface area contributed by atoms with Gasteiger partial charge in [0.25, 0.3) is 0 Å². The molecule has 0 amide bonds. The smallest absolute Gasteiger partial charge is 0.167 e. The fourth-order valence-electron chi connectivity index (χ4n) is 2.37. The van der Waals surface area contributed by atoms with Gasteiger partial charge in [0.1, 0.15) is 17.9 Å². The number of nitrogens with two attached hydrogens (primary N) is 1. The number of nitrogen functional groups attached to an aromatic ring is 1. The fraction of sp³-hybridized carbons (Fsp3) is 0.500. The van der Waals surface area contributed by atoms with Crippen LogP contribution in [0.3, 0.4) is 0 Å². The molecule has 2 aromatic rings. The van der Waals surface area contributed by atoms with Crippen molar-refractivity contribution in [2.24, 2.45) is 5.11 Å². The van der Waals surface area contributed by atoms with Crippen LogP contribution < -0.4 is 5.73 Å². The van der Waals surface area contributed by atoms with Crippen LogP contribution in [-0.2, 0) is 4.74 Å². The lowest BCUT2D eigenvalue weighted by Gasteiger charge is -2.16. The molecular formula is C10H12N8O3. The van der Waals surface area contributed by atoms with Crippen molar-refractivity contribution in [2.45, 2.75) is 24.5 Å². The van der Waals surface area contributed by atoms with E-state index in [0.717, 1.165) is 0 Å². The van der Waals surface area contributed by atoms with Crippen molar-refractivity contribution < 1.29 is 14.9 Å². The first-order valence-electron chi connectivity index (χ1n) is 6.09. The van der Waals surface area contributed by atoms with Crippen LogP contribution in [0.5, 0.6) is 0 Å². The minimum Gasteiger partial charge on any atom is -0.394 e. The van der Waals surface area contributed by atoms with Crippen LogP contribution in [0.1, 0.15) is 6.23 Å². The van der Waals surface area contributed by atoms with Crippen LogP contribution >= 0.6 is 0 Å². The third-order valence-electron chi connectivity index (χ3n) is 3.36. The Morgan fingerprint density at radius 1 is 1.48 bits per heavy atom. The van der Waals surface area contributed by atoms with E-state index in [9.17, 15) is 10.2 Å². The first kappa shape index (κ1) is 13.5. The molecule has 0 aromatic carbocycles. The van der Waals surface area contributed by atoms with Crippen molar-refractivity contribution in [1.29, 1.82) is 0 Å². The number of hydrogen-bond donors (Lipinski definition) is 3. The minimum atomic E-state index is -1.15. The Balaban J connectivity index is 2.03. The highest BCUT2D eigenvalue weighted by atomic mass is 16.5. The van der Waals surface area contributed by atoms with Gasteiger partial charge >= 0.3 is 0 Å². The van der Waals surface area contributed by atoms with E-state index >= 15 is 0 Å². The van der Waals surface area contributed by atoms with Gasteiger partial charge < -0.3 is 20.7 Å². The molecule has 1 fully saturated rings. The highest BCUT2D eigenvalue weighted by Gasteiger charge is 2.44. The second-order valence-corrected chi connectivity index (χ2v) is 4.52. The lowest BCUT2D eigenvalue weighted by atomic mass is 10.1. The molecule has 4 atom stereocenters. The lowest BCUT2D eigenvalue weighted by Crippen LogP contribution is -2.31. The number of imidazole rings is 1. The molecule has 3 heterocycles. The number of ether oxygens (including phenoxy) is 1. The van der Waals surface area contributed by atoms with E-state index in [1.54, 1.807) is 0 Å². The van der Waals surface area contributed by atoms with Crippen LogP contribution in [0.4, 0.5) is 5.82 Å². The SMILES string of the molecule is [N-]=[N+]=N[C@@H]1[C@H](O)[C@@H](n2cnc3c(N)ncnc32)O[C@H]1CO. The number of hydrogen-bond acceptors (Lipinski definition) is 8. The van der Waals surface area contributed by atoms with E-state index in [4.69, 9.17) is 16.0 Å². The first-order chi connectivity index (χ1) is 10.2. The molecule has 0 aliphatic carbocycles. The Bertz CT molecular complexity index is 711. The summed E-state index contributed by atoms with van der Waals surface area (Å²) >= 11 is 0. The number of nitrogens with zero attached hydrogens (tertiary/aromatic N) is 7. The summed E-state index contributed by atoms with van der Waals surface area (Å²) in [6.07, 6.45) is -0.177. The first-order valence-corrected chi connectivity index (χ1v) is 6.09. The van der Waals surface area contributed by atoms with Crippen LogP contribution in [0, 0.1) is 0 Å². The molecule has 0 saturated carbocycles. The Morgan fingerprint density at radius 3 is 3.00 bits per heavy atom. The highest BCUT2D eigenvalue weighted by Crippen LogP contribution is 2.33. The summed E-state index contributed by atoms with van der Waals surface area (Å²) in [7, 11) is 0. The Morgan fingerprint density at radius 2 is 2.29 bits per heavy atom. The molecule has 11 heteroatoms. The van der Waals surface area contributed by atoms with Crippen LogP contribution in [0.25, 0.3) is 21.6 Å². The van der Waals surface area contributed by atoms with Gasteiger partial charge in [-0.3, -0.25) is 4.57 Å². The molecule has 0 radical (unpaired) electrons. The lowest BCUT2D eigenvalue weighted by molar-refractivity contribution is -0.0488. The van der Waals surface area contributed by atoms with Crippen molar-refractivity contribution in [1.82, 2.24) is 19.5 Å². The van der Waals surface area contributed by atoms with Crippen molar-refractivity contribution >= 4 is 17.0 Å². The maximum atomic E-state index is 10.3. The third-order valence-corrected chi connectivity index (χ3v) is 3.36. The predicted molar refractivity (Wildman–Crippen MR) is 69.7 cm³/mol. The maximum Gasteiger partial charge on any atom is 0.167 e. The zero-order valence-electron chi connectivity index (χ0n) is 10.7. The Kier molecular flexibility index (Phi) is 3.31. The van der Waals surface area contributed by atoms with Crippen molar-refractivity contribution in [3.8, 4) is 0 Å². The van der Waals surface area contributed by atoms with Crippen molar-refractivity contribution in [2.75, 3.05) is 12.3 Å². The van der Waals surface area contributed by atoms with E-state index in [-0.39, 0.29) is 12.4 Å². The topological polar surface area (TPSA) is 168 Å². The second kappa shape index (κ2) is 5.14. The third kappa shape index (κ3) is 2.04. The fourth-order valence-corrected chi connectivity index (χ4v) is 2.37. The molecule has 4 N–H and O–H groups in total. The summed E-state index contributed by atoms with van der Waals surface area (Å²) in [6, 6.07) is -0.901. The van der Waals surface area contributed by atoms with Gasteiger partial charge in [-0.05, 0) is 5.53 Å². The van der Waals surface area contributed by atoms with Gasteiger partial charge in [0.15, 0.2) is 17.7 Å². The average molecular weight is 292 g/mol. The molecule has 110 valence electrons. The molecule has 21 heavy (non-hydrogen) atoms. The summed E-state index contributed by atoms with van der Waals surface area (Å²) in [4.78, 5) is 14.6. The Hall–Kier alpha value is -2.46. The maximum absolute atomic E-state index is 10.3. The molecular weight excluding hydrogens is 280 g/mol. The summed E-state index contributed by atoms with van der Waals surface area (Å²) in [5, 5.41) is 23.0. The normalized spacial score (nSPS) is 28.7. The molecule has 1 aliphatic rings. The number of rotatable bonds is 3. The van der Waals surface area contributed by atoms with Crippen molar-refractivity contribution in [3.63, 3.8) is 0 Å². The summed E-state index contributed by atoms with van der Waals surface area (Å²) < 4.78 is 7.00. The number of aliphatic hydroxyl groups excluding tert-OH is 2. The highest BCUT2D eigenvalue weighted by molar-refractivity contribution is 5.81. The van der Waals surface area contributed by atoms with Gasteiger partial charge in [0.05, 0.1) is 25.1 Å². The number of aromatic nitrogens is 4. The Labute approximate surface area is 117 Å².